The third-order valence-electron chi connectivity index (χ3n) is 5.45. The van der Waals surface area contributed by atoms with Gasteiger partial charge in [0.1, 0.15) is 12.4 Å². The molecule has 0 saturated carbocycles. The molecule has 7 heteroatoms. The number of benzene rings is 2. The SMILES string of the molecule is Cc1ccc(N(CC(C)C)S(=O)(=O)c2ccc(OC[C@H]3NCCO[C@@H]3C)cc2)c(C)c1. The Kier molecular flexibility index (Phi) is 7.62. The van der Waals surface area contributed by atoms with Gasteiger partial charge in [-0.25, -0.2) is 8.42 Å². The van der Waals surface area contributed by atoms with E-state index in [0.29, 0.717) is 25.5 Å². The molecule has 1 aliphatic heterocycles. The standard InChI is InChI=1S/C24H34N2O4S/c1-17(2)15-26(24-11-6-18(3)14-19(24)4)31(27,28)22-9-7-21(8-10-22)30-16-23-20(5)29-13-12-25-23/h6-11,14,17,20,23,25H,12-13,15-16H2,1-5H3/t20-,23-/m1/s1. The zero-order valence-corrected chi connectivity index (χ0v) is 19.9. The third-order valence-corrected chi connectivity index (χ3v) is 7.24. The predicted molar refractivity (Wildman–Crippen MR) is 124 cm³/mol. The van der Waals surface area contributed by atoms with Crippen molar-refractivity contribution in [2.45, 2.75) is 51.7 Å². The van der Waals surface area contributed by atoms with Gasteiger partial charge in [0.15, 0.2) is 0 Å². The molecular weight excluding hydrogens is 412 g/mol. The quantitative estimate of drug-likeness (QED) is 0.666. The summed E-state index contributed by atoms with van der Waals surface area (Å²) in [5.41, 5.74) is 2.77. The molecule has 2 atom stereocenters. The van der Waals surface area contributed by atoms with Crippen molar-refractivity contribution in [1.29, 1.82) is 0 Å². The maximum atomic E-state index is 13.5. The van der Waals surface area contributed by atoms with Gasteiger partial charge in [-0.3, -0.25) is 4.31 Å². The Morgan fingerprint density at radius 3 is 2.48 bits per heavy atom. The number of morpholine rings is 1. The average Bonchev–Trinajstić information content (AvgIpc) is 2.72. The van der Waals surface area contributed by atoms with E-state index in [0.717, 1.165) is 23.4 Å². The monoisotopic (exact) mass is 446 g/mol. The molecule has 2 aromatic carbocycles. The van der Waals surface area contributed by atoms with E-state index in [1.165, 1.54) is 4.31 Å². The number of sulfonamides is 1. The van der Waals surface area contributed by atoms with Crippen LogP contribution in [-0.4, -0.2) is 46.9 Å². The highest BCUT2D eigenvalue weighted by molar-refractivity contribution is 7.92. The van der Waals surface area contributed by atoms with E-state index in [2.05, 4.69) is 5.32 Å². The van der Waals surface area contributed by atoms with Crippen molar-refractivity contribution in [3.8, 4) is 5.75 Å². The maximum Gasteiger partial charge on any atom is 0.264 e. The molecule has 1 aliphatic rings. The molecule has 2 aromatic rings. The predicted octanol–water partition coefficient (Wildman–Crippen LogP) is 3.91. The van der Waals surface area contributed by atoms with E-state index in [-0.39, 0.29) is 23.0 Å². The first-order valence-electron chi connectivity index (χ1n) is 10.9. The summed E-state index contributed by atoms with van der Waals surface area (Å²) in [4.78, 5) is 0.257. The minimum atomic E-state index is -3.70. The highest BCUT2D eigenvalue weighted by Crippen LogP contribution is 2.29. The van der Waals surface area contributed by atoms with Gasteiger partial charge >= 0.3 is 0 Å². The third kappa shape index (κ3) is 5.79. The summed E-state index contributed by atoms with van der Waals surface area (Å²) < 4.78 is 40.1. The van der Waals surface area contributed by atoms with Gasteiger partial charge in [-0.15, -0.1) is 0 Å². The molecule has 6 nitrogen and oxygen atoms in total. The number of hydrogen-bond donors (Lipinski definition) is 1. The second-order valence-corrected chi connectivity index (χ2v) is 10.5. The van der Waals surface area contributed by atoms with Crippen molar-refractivity contribution in [3.63, 3.8) is 0 Å². The van der Waals surface area contributed by atoms with Crippen molar-refractivity contribution in [2.75, 3.05) is 30.6 Å². The number of nitrogens with one attached hydrogen (secondary N) is 1. The average molecular weight is 447 g/mol. The second-order valence-electron chi connectivity index (χ2n) is 8.64. The fourth-order valence-electron chi connectivity index (χ4n) is 3.73. The molecular formula is C24H34N2O4S. The summed E-state index contributed by atoms with van der Waals surface area (Å²) >= 11 is 0. The molecule has 0 spiro atoms. The lowest BCUT2D eigenvalue weighted by atomic mass is 10.1. The Morgan fingerprint density at radius 1 is 1.16 bits per heavy atom. The maximum absolute atomic E-state index is 13.5. The van der Waals surface area contributed by atoms with Crippen molar-refractivity contribution in [3.05, 3.63) is 53.6 Å². The fraction of sp³-hybridized carbons (Fsp3) is 0.500. The molecule has 1 saturated heterocycles. The Balaban J connectivity index is 1.79. The molecule has 0 unspecified atom stereocenters. The largest absolute Gasteiger partial charge is 0.492 e. The molecule has 1 fully saturated rings. The van der Waals surface area contributed by atoms with Crippen LogP contribution >= 0.6 is 0 Å². The molecule has 1 heterocycles. The van der Waals surface area contributed by atoms with Crippen LogP contribution < -0.4 is 14.4 Å². The van der Waals surface area contributed by atoms with Crippen LogP contribution in [0.3, 0.4) is 0 Å². The van der Waals surface area contributed by atoms with Gasteiger partial charge in [0, 0.05) is 13.1 Å². The summed E-state index contributed by atoms with van der Waals surface area (Å²) in [6.07, 6.45) is 0.0794. The van der Waals surface area contributed by atoms with E-state index in [1.807, 2.05) is 52.8 Å². The summed E-state index contributed by atoms with van der Waals surface area (Å²) in [6, 6.07) is 12.6. The van der Waals surface area contributed by atoms with Crippen LogP contribution in [0.25, 0.3) is 0 Å². The summed E-state index contributed by atoms with van der Waals surface area (Å²) in [5.74, 6) is 0.825. The molecule has 0 aromatic heterocycles. The normalized spacial score (nSPS) is 19.4. The lowest BCUT2D eigenvalue weighted by Crippen LogP contribution is -2.50. The number of anilines is 1. The van der Waals surface area contributed by atoms with Crippen LogP contribution in [0.5, 0.6) is 5.75 Å². The zero-order valence-electron chi connectivity index (χ0n) is 19.1. The van der Waals surface area contributed by atoms with Gasteiger partial charge < -0.3 is 14.8 Å². The molecule has 3 rings (SSSR count). The van der Waals surface area contributed by atoms with Crippen LogP contribution in [0, 0.1) is 19.8 Å². The van der Waals surface area contributed by atoms with Gasteiger partial charge in [0.25, 0.3) is 10.0 Å². The topological polar surface area (TPSA) is 67.9 Å². The van der Waals surface area contributed by atoms with E-state index >= 15 is 0 Å². The van der Waals surface area contributed by atoms with Gasteiger partial charge in [0.05, 0.1) is 29.3 Å². The highest BCUT2D eigenvalue weighted by Gasteiger charge is 2.27. The molecule has 0 radical (unpaired) electrons. The lowest BCUT2D eigenvalue weighted by Gasteiger charge is -2.30. The first-order chi connectivity index (χ1) is 14.7. The summed E-state index contributed by atoms with van der Waals surface area (Å²) in [7, 11) is -3.70. The van der Waals surface area contributed by atoms with Gasteiger partial charge in [0.2, 0.25) is 0 Å². The van der Waals surface area contributed by atoms with Crippen molar-refractivity contribution < 1.29 is 17.9 Å². The summed E-state index contributed by atoms with van der Waals surface area (Å²) in [5, 5.41) is 3.38. The smallest absolute Gasteiger partial charge is 0.264 e. The lowest BCUT2D eigenvalue weighted by molar-refractivity contribution is -0.00475. The molecule has 0 aliphatic carbocycles. The van der Waals surface area contributed by atoms with Crippen LogP contribution in [0.4, 0.5) is 5.69 Å². The molecule has 1 N–H and O–H groups in total. The Bertz CT molecular complexity index is 974. The van der Waals surface area contributed by atoms with Crippen LogP contribution in [0.2, 0.25) is 0 Å². The Hall–Kier alpha value is -2.09. The molecule has 31 heavy (non-hydrogen) atoms. The van der Waals surface area contributed by atoms with Crippen LogP contribution in [0.15, 0.2) is 47.4 Å². The first kappa shape index (κ1) is 23.6. The van der Waals surface area contributed by atoms with Crippen molar-refractivity contribution in [1.82, 2.24) is 5.32 Å². The number of nitrogens with zero attached hydrogens (tertiary/aromatic N) is 1. The van der Waals surface area contributed by atoms with Crippen LogP contribution in [0.1, 0.15) is 31.9 Å². The highest BCUT2D eigenvalue weighted by atomic mass is 32.2. The van der Waals surface area contributed by atoms with Crippen LogP contribution in [-0.2, 0) is 14.8 Å². The van der Waals surface area contributed by atoms with Gasteiger partial charge in [-0.2, -0.15) is 0 Å². The van der Waals surface area contributed by atoms with Crippen molar-refractivity contribution in [2.24, 2.45) is 5.92 Å². The zero-order chi connectivity index (χ0) is 22.6. The molecule has 170 valence electrons. The number of hydrogen-bond acceptors (Lipinski definition) is 5. The minimum absolute atomic E-state index is 0.0794. The Morgan fingerprint density at radius 2 is 1.87 bits per heavy atom. The van der Waals surface area contributed by atoms with Gasteiger partial charge in [-0.05, 0) is 62.6 Å². The van der Waals surface area contributed by atoms with E-state index in [4.69, 9.17) is 9.47 Å². The first-order valence-corrected chi connectivity index (χ1v) is 12.3. The minimum Gasteiger partial charge on any atom is -0.492 e. The fourth-order valence-corrected chi connectivity index (χ4v) is 5.42. The van der Waals surface area contributed by atoms with E-state index in [9.17, 15) is 8.42 Å². The van der Waals surface area contributed by atoms with Crippen molar-refractivity contribution >= 4 is 15.7 Å². The number of aryl methyl sites for hydroxylation is 2. The van der Waals surface area contributed by atoms with E-state index in [1.54, 1.807) is 24.3 Å². The molecule has 0 amide bonds. The number of rotatable bonds is 8. The molecule has 0 bridgehead atoms. The second kappa shape index (κ2) is 10.0. The summed E-state index contributed by atoms with van der Waals surface area (Å²) in [6.45, 7) is 12.4. The van der Waals surface area contributed by atoms with Gasteiger partial charge in [-0.1, -0.05) is 31.5 Å². The van der Waals surface area contributed by atoms with E-state index < -0.39 is 10.0 Å². The number of ether oxygens (including phenoxy) is 2. The Labute approximate surface area is 186 Å².